The number of nitriles is 1. The number of allylic oxidation sites excluding steroid dienone is 1. The van der Waals surface area contributed by atoms with Gasteiger partial charge in [0.2, 0.25) is 0 Å². The maximum atomic E-state index is 10.6. The van der Waals surface area contributed by atoms with E-state index in [1.807, 2.05) is 12.1 Å². The number of hydrogen-bond donors (Lipinski definition) is 1. The van der Waals surface area contributed by atoms with Crippen molar-refractivity contribution in [3.63, 3.8) is 0 Å². The fraction of sp³-hybridized carbons (Fsp3) is 0.688. The van der Waals surface area contributed by atoms with Crippen molar-refractivity contribution >= 4 is 8.32 Å². The molecule has 0 aromatic carbocycles. The molecule has 1 N–H and O–H groups in total. The maximum absolute atomic E-state index is 10.6. The SMILES string of the molecule is COCO[C@@H]1C=C/C(=C/C#N)[C@H](O)[C@H]1O[Si](C)(C)C(C)(C)C. The van der Waals surface area contributed by atoms with Gasteiger partial charge in [-0.25, -0.2) is 0 Å². The molecular formula is C16H27NO4Si. The summed E-state index contributed by atoms with van der Waals surface area (Å²) in [7, 11) is -0.543. The standard InChI is InChI=1S/C16H27NO4Si/c1-16(2,3)22(5,6)21-15-13(20-11-19-4)8-7-12(9-10-17)14(15)18/h7-9,13-15,18H,11H2,1-6H3/b12-9-/t13-,14+,15+/m1/s1. The van der Waals surface area contributed by atoms with E-state index in [4.69, 9.17) is 19.2 Å². The first-order valence-corrected chi connectivity index (χ1v) is 10.3. The summed E-state index contributed by atoms with van der Waals surface area (Å²) in [5.74, 6) is 0. The lowest BCUT2D eigenvalue weighted by atomic mass is 9.93. The topological polar surface area (TPSA) is 71.7 Å². The van der Waals surface area contributed by atoms with Crippen molar-refractivity contribution in [1.29, 1.82) is 5.26 Å². The van der Waals surface area contributed by atoms with Crippen LogP contribution in [0.4, 0.5) is 0 Å². The largest absolute Gasteiger partial charge is 0.408 e. The number of aliphatic hydroxyl groups excluding tert-OH is 1. The first kappa shape index (κ1) is 19.1. The monoisotopic (exact) mass is 325 g/mol. The number of aliphatic hydroxyl groups is 1. The molecule has 5 nitrogen and oxygen atoms in total. The minimum atomic E-state index is -2.09. The molecule has 1 aliphatic rings. The molecule has 0 amide bonds. The number of rotatable bonds is 5. The predicted octanol–water partition coefficient (Wildman–Crippen LogP) is 2.75. The maximum Gasteiger partial charge on any atom is 0.192 e. The van der Waals surface area contributed by atoms with Crippen molar-refractivity contribution in [1.82, 2.24) is 0 Å². The first-order valence-electron chi connectivity index (χ1n) is 7.38. The second-order valence-electron chi connectivity index (χ2n) is 6.96. The average molecular weight is 325 g/mol. The van der Waals surface area contributed by atoms with Crippen LogP contribution >= 0.6 is 0 Å². The van der Waals surface area contributed by atoms with Crippen LogP contribution in [0, 0.1) is 11.3 Å². The third-order valence-corrected chi connectivity index (χ3v) is 8.78. The molecule has 0 spiro atoms. The summed E-state index contributed by atoms with van der Waals surface area (Å²) < 4.78 is 16.9. The minimum absolute atomic E-state index is 0.0127. The van der Waals surface area contributed by atoms with Gasteiger partial charge in [0.05, 0.1) is 6.07 Å². The van der Waals surface area contributed by atoms with E-state index >= 15 is 0 Å². The molecule has 0 saturated carbocycles. The van der Waals surface area contributed by atoms with E-state index < -0.39 is 26.6 Å². The normalized spacial score (nSPS) is 27.9. The Kier molecular flexibility index (Phi) is 6.53. The predicted molar refractivity (Wildman–Crippen MR) is 87.7 cm³/mol. The molecule has 22 heavy (non-hydrogen) atoms. The van der Waals surface area contributed by atoms with Crippen LogP contribution in [0.5, 0.6) is 0 Å². The Bertz CT molecular complexity index is 474. The summed E-state index contributed by atoms with van der Waals surface area (Å²) in [6.45, 7) is 10.8. The van der Waals surface area contributed by atoms with Crippen LogP contribution < -0.4 is 0 Å². The van der Waals surface area contributed by atoms with Crippen LogP contribution in [-0.2, 0) is 13.9 Å². The molecule has 1 aliphatic carbocycles. The molecule has 0 saturated heterocycles. The van der Waals surface area contributed by atoms with Crippen LogP contribution in [0.25, 0.3) is 0 Å². The third-order valence-electron chi connectivity index (χ3n) is 4.30. The number of ether oxygens (including phenoxy) is 2. The smallest absolute Gasteiger partial charge is 0.192 e. The lowest BCUT2D eigenvalue weighted by Gasteiger charge is -2.43. The highest BCUT2D eigenvalue weighted by Gasteiger charge is 2.44. The Morgan fingerprint density at radius 1 is 1.41 bits per heavy atom. The van der Waals surface area contributed by atoms with E-state index in [-0.39, 0.29) is 11.8 Å². The highest BCUT2D eigenvalue weighted by molar-refractivity contribution is 6.74. The van der Waals surface area contributed by atoms with Crippen molar-refractivity contribution < 1.29 is 19.0 Å². The molecule has 3 atom stereocenters. The van der Waals surface area contributed by atoms with Crippen LogP contribution in [0.15, 0.2) is 23.8 Å². The quantitative estimate of drug-likeness (QED) is 0.478. The zero-order valence-corrected chi connectivity index (χ0v) is 15.3. The lowest BCUT2D eigenvalue weighted by Crippen LogP contribution is -2.53. The third kappa shape index (κ3) is 4.51. The van der Waals surface area contributed by atoms with Crippen molar-refractivity contribution in [3.8, 4) is 6.07 Å². The van der Waals surface area contributed by atoms with E-state index in [2.05, 4.69) is 33.9 Å². The summed E-state index contributed by atoms with van der Waals surface area (Å²) in [5.41, 5.74) is 0.545. The molecule has 6 heteroatoms. The van der Waals surface area contributed by atoms with Crippen molar-refractivity contribution in [3.05, 3.63) is 23.8 Å². The Labute approximate surface area is 134 Å². The van der Waals surface area contributed by atoms with Gasteiger partial charge < -0.3 is 19.0 Å². The Balaban J connectivity index is 3.05. The van der Waals surface area contributed by atoms with E-state index in [1.165, 1.54) is 6.08 Å². The molecule has 0 unspecified atom stereocenters. The van der Waals surface area contributed by atoms with E-state index in [0.29, 0.717) is 5.57 Å². The fourth-order valence-corrected chi connectivity index (χ4v) is 3.23. The number of hydrogen-bond acceptors (Lipinski definition) is 5. The van der Waals surface area contributed by atoms with Gasteiger partial charge in [0, 0.05) is 13.2 Å². The van der Waals surface area contributed by atoms with Gasteiger partial charge in [-0.05, 0) is 23.7 Å². The molecule has 0 heterocycles. The van der Waals surface area contributed by atoms with Crippen molar-refractivity contribution in [2.75, 3.05) is 13.9 Å². The summed E-state index contributed by atoms with van der Waals surface area (Å²) in [6, 6.07) is 1.96. The summed E-state index contributed by atoms with van der Waals surface area (Å²) in [5, 5.41) is 19.4. The molecule has 0 fully saturated rings. The van der Waals surface area contributed by atoms with Crippen LogP contribution in [0.1, 0.15) is 20.8 Å². The Morgan fingerprint density at radius 2 is 2.05 bits per heavy atom. The molecular weight excluding hydrogens is 298 g/mol. The number of nitrogens with zero attached hydrogens (tertiary/aromatic N) is 1. The van der Waals surface area contributed by atoms with Crippen LogP contribution in [0.3, 0.4) is 0 Å². The van der Waals surface area contributed by atoms with Gasteiger partial charge in [-0.1, -0.05) is 32.9 Å². The van der Waals surface area contributed by atoms with Gasteiger partial charge in [0.25, 0.3) is 0 Å². The van der Waals surface area contributed by atoms with E-state index in [0.717, 1.165) is 0 Å². The van der Waals surface area contributed by atoms with Crippen LogP contribution in [-0.4, -0.2) is 45.6 Å². The van der Waals surface area contributed by atoms with E-state index in [1.54, 1.807) is 13.2 Å². The zero-order chi connectivity index (χ0) is 17.0. The van der Waals surface area contributed by atoms with Gasteiger partial charge in [-0.3, -0.25) is 0 Å². The van der Waals surface area contributed by atoms with Gasteiger partial charge in [0.1, 0.15) is 25.1 Å². The molecule has 0 radical (unpaired) electrons. The molecule has 0 aromatic rings. The first-order chi connectivity index (χ1) is 10.1. The van der Waals surface area contributed by atoms with Crippen LogP contribution in [0.2, 0.25) is 18.1 Å². The van der Waals surface area contributed by atoms with E-state index in [9.17, 15) is 5.11 Å². The van der Waals surface area contributed by atoms with Gasteiger partial charge in [0.15, 0.2) is 8.32 Å². The second-order valence-corrected chi connectivity index (χ2v) is 11.7. The molecule has 124 valence electrons. The van der Waals surface area contributed by atoms with Gasteiger partial charge in [-0.15, -0.1) is 0 Å². The lowest BCUT2D eigenvalue weighted by molar-refractivity contribution is -0.111. The van der Waals surface area contributed by atoms with Crippen molar-refractivity contribution in [2.45, 2.75) is 57.2 Å². The average Bonchev–Trinajstić information content (AvgIpc) is 2.41. The summed E-state index contributed by atoms with van der Waals surface area (Å²) in [6.07, 6.45) is 3.03. The Morgan fingerprint density at radius 3 is 2.55 bits per heavy atom. The van der Waals surface area contributed by atoms with Gasteiger partial charge >= 0.3 is 0 Å². The highest BCUT2D eigenvalue weighted by Crippen LogP contribution is 2.39. The molecule has 0 aliphatic heterocycles. The number of methoxy groups -OCH3 is 1. The highest BCUT2D eigenvalue weighted by atomic mass is 28.4. The molecule has 0 aromatic heterocycles. The fourth-order valence-electron chi connectivity index (χ4n) is 1.94. The zero-order valence-electron chi connectivity index (χ0n) is 14.3. The molecule has 1 rings (SSSR count). The summed E-state index contributed by atoms with van der Waals surface area (Å²) in [4.78, 5) is 0. The molecule has 0 bridgehead atoms. The summed E-state index contributed by atoms with van der Waals surface area (Å²) >= 11 is 0. The second kappa shape index (κ2) is 7.53. The Hall–Kier alpha value is -0.973. The van der Waals surface area contributed by atoms with Gasteiger partial charge in [-0.2, -0.15) is 5.26 Å². The van der Waals surface area contributed by atoms with Crippen molar-refractivity contribution in [2.24, 2.45) is 0 Å². The minimum Gasteiger partial charge on any atom is -0.408 e.